The minimum Gasteiger partial charge on any atom is -0.374 e. The van der Waals surface area contributed by atoms with Crippen LogP contribution < -0.4 is 11.0 Å². The van der Waals surface area contributed by atoms with Crippen molar-refractivity contribution in [3.8, 4) is 0 Å². The first-order chi connectivity index (χ1) is 7.84. The summed E-state index contributed by atoms with van der Waals surface area (Å²) in [6.45, 7) is 3.14. The van der Waals surface area contributed by atoms with Crippen LogP contribution in [0.3, 0.4) is 0 Å². The first-order valence-electron chi connectivity index (χ1n) is 5.94. The van der Waals surface area contributed by atoms with Gasteiger partial charge in [-0.15, -0.1) is 0 Å². The van der Waals surface area contributed by atoms with Crippen LogP contribution in [0.2, 0.25) is 0 Å². The maximum Gasteiger partial charge on any atom is 0.328 e. The second-order valence-electron chi connectivity index (χ2n) is 4.57. The molecule has 1 saturated heterocycles. The van der Waals surface area contributed by atoms with Gasteiger partial charge in [0.05, 0.1) is 19.3 Å². The van der Waals surface area contributed by atoms with Gasteiger partial charge in [0.2, 0.25) is 0 Å². The number of hydrogen-bond acceptors (Lipinski definition) is 3. The van der Waals surface area contributed by atoms with E-state index in [9.17, 15) is 4.79 Å². The third-order valence-corrected chi connectivity index (χ3v) is 3.22. The summed E-state index contributed by atoms with van der Waals surface area (Å²) in [4.78, 5) is 12.0. The predicted molar refractivity (Wildman–Crippen MR) is 59.6 cm³/mol. The molecule has 1 N–H and O–H groups in total. The van der Waals surface area contributed by atoms with E-state index in [-0.39, 0.29) is 11.8 Å². The van der Waals surface area contributed by atoms with E-state index in [1.165, 1.54) is 0 Å². The molecule has 5 nitrogen and oxygen atoms in total. The van der Waals surface area contributed by atoms with Crippen molar-refractivity contribution < 1.29 is 4.74 Å². The number of imidazole rings is 1. The summed E-state index contributed by atoms with van der Waals surface area (Å²) < 4.78 is 9.19. The summed E-state index contributed by atoms with van der Waals surface area (Å²) in [7, 11) is 0. The SMILES string of the molecule is O=c1n(CC2CNCCO2)ccn1C1CC1. The number of morpholine rings is 1. The van der Waals surface area contributed by atoms with Crippen molar-refractivity contribution in [2.24, 2.45) is 0 Å². The summed E-state index contributed by atoms with van der Waals surface area (Å²) in [6.07, 6.45) is 6.19. The Hall–Kier alpha value is -1.07. The first-order valence-corrected chi connectivity index (χ1v) is 5.94. The van der Waals surface area contributed by atoms with Crippen LogP contribution in [-0.4, -0.2) is 34.9 Å². The van der Waals surface area contributed by atoms with Crippen LogP contribution >= 0.6 is 0 Å². The minimum atomic E-state index is 0.108. The second-order valence-corrected chi connectivity index (χ2v) is 4.57. The van der Waals surface area contributed by atoms with Crippen LogP contribution in [0.15, 0.2) is 17.2 Å². The Balaban J connectivity index is 1.71. The summed E-state index contributed by atoms with van der Waals surface area (Å²) in [5.41, 5.74) is 0.108. The molecule has 5 heteroatoms. The third-order valence-electron chi connectivity index (χ3n) is 3.22. The Morgan fingerprint density at radius 1 is 1.44 bits per heavy atom. The number of aromatic nitrogens is 2. The normalized spacial score (nSPS) is 25.9. The number of nitrogens with zero attached hydrogens (tertiary/aromatic N) is 2. The zero-order valence-corrected chi connectivity index (χ0v) is 9.26. The highest BCUT2D eigenvalue weighted by molar-refractivity contribution is 4.91. The molecule has 0 bridgehead atoms. The van der Waals surface area contributed by atoms with Crippen LogP contribution in [0.5, 0.6) is 0 Å². The topological polar surface area (TPSA) is 48.2 Å². The molecule has 1 atom stereocenters. The van der Waals surface area contributed by atoms with Gasteiger partial charge in [0.1, 0.15) is 0 Å². The molecule has 0 aromatic carbocycles. The maximum absolute atomic E-state index is 12.0. The standard InChI is InChI=1S/C11H17N3O2/c15-11-13(4-5-14(11)9-1-2-9)8-10-7-12-3-6-16-10/h4-5,9-10,12H,1-3,6-8H2. The molecule has 1 saturated carbocycles. The fourth-order valence-corrected chi connectivity index (χ4v) is 2.15. The molecule has 1 aromatic rings. The smallest absolute Gasteiger partial charge is 0.328 e. The van der Waals surface area contributed by atoms with Crippen molar-refractivity contribution in [3.63, 3.8) is 0 Å². The Labute approximate surface area is 94.0 Å². The van der Waals surface area contributed by atoms with Crippen LogP contribution in [0.1, 0.15) is 18.9 Å². The van der Waals surface area contributed by atoms with Gasteiger partial charge < -0.3 is 10.1 Å². The lowest BCUT2D eigenvalue weighted by atomic mass is 10.3. The third kappa shape index (κ3) is 1.92. The Morgan fingerprint density at radius 3 is 3.00 bits per heavy atom. The van der Waals surface area contributed by atoms with Crippen LogP contribution in [0, 0.1) is 0 Å². The molecule has 2 aliphatic rings. The highest BCUT2D eigenvalue weighted by Crippen LogP contribution is 2.33. The molecule has 3 rings (SSSR count). The minimum absolute atomic E-state index is 0.108. The zero-order valence-electron chi connectivity index (χ0n) is 9.26. The van der Waals surface area contributed by atoms with E-state index >= 15 is 0 Å². The van der Waals surface area contributed by atoms with Gasteiger partial charge in [0, 0.05) is 31.5 Å². The van der Waals surface area contributed by atoms with Crippen LogP contribution in [0.25, 0.3) is 0 Å². The molecule has 88 valence electrons. The fourth-order valence-electron chi connectivity index (χ4n) is 2.15. The summed E-state index contributed by atoms with van der Waals surface area (Å²) in [5.74, 6) is 0. The fraction of sp³-hybridized carbons (Fsp3) is 0.727. The van der Waals surface area contributed by atoms with Gasteiger partial charge in [-0.3, -0.25) is 9.13 Å². The lowest BCUT2D eigenvalue weighted by Crippen LogP contribution is -2.42. The van der Waals surface area contributed by atoms with Crippen molar-refractivity contribution in [2.45, 2.75) is 31.5 Å². The van der Waals surface area contributed by atoms with Crippen LogP contribution in [-0.2, 0) is 11.3 Å². The van der Waals surface area contributed by atoms with Crippen molar-refractivity contribution in [1.29, 1.82) is 0 Å². The van der Waals surface area contributed by atoms with E-state index in [4.69, 9.17) is 4.74 Å². The van der Waals surface area contributed by atoms with Gasteiger partial charge in [0.25, 0.3) is 0 Å². The van der Waals surface area contributed by atoms with E-state index in [1.807, 2.05) is 17.0 Å². The van der Waals surface area contributed by atoms with Crippen molar-refractivity contribution in [2.75, 3.05) is 19.7 Å². The predicted octanol–water partition coefficient (Wildman–Crippen LogP) is -0.0269. The Bertz CT molecular complexity index is 413. The number of ether oxygens (including phenoxy) is 1. The highest BCUT2D eigenvalue weighted by atomic mass is 16.5. The second kappa shape index (κ2) is 4.07. The van der Waals surface area contributed by atoms with Gasteiger partial charge in [-0.25, -0.2) is 4.79 Å². The molecular formula is C11H17N3O2. The summed E-state index contributed by atoms with van der Waals surface area (Å²) in [5, 5.41) is 3.27. The molecule has 2 heterocycles. The van der Waals surface area contributed by atoms with E-state index < -0.39 is 0 Å². The van der Waals surface area contributed by atoms with Crippen molar-refractivity contribution >= 4 is 0 Å². The molecule has 1 aliphatic heterocycles. The number of hydrogen-bond donors (Lipinski definition) is 1. The molecule has 16 heavy (non-hydrogen) atoms. The summed E-state index contributed by atoms with van der Waals surface area (Å²) in [6, 6.07) is 0.458. The molecular weight excluding hydrogens is 206 g/mol. The van der Waals surface area contributed by atoms with E-state index in [0.717, 1.165) is 32.5 Å². The average molecular weight is 223 g/mol. The molecule has 1 aliphatic carbocycles. The lowest BCUT2D eigenvalue weighted by molar-refractivity contribution is 0.0176. The Kier molecular flexibility index (Phi) is 2.57. The lowest BCUT2D eigenvalue weighted by Gasteiger charge is -2.23. The number of nitrogens with one attached hydrogen (secondary N) is 1. The van der Waals surface area contributed by atoms with E-state index in [0.29, 0.717) is 12.6 Å². The molecule has 0 amide bonds. The number of rotatable bonds is 3. The van der Waals surface area contributed by atoms with Crippen molar-refractivity contribution in [1.82, 2.24) is 14.5 Å². The Morgan fingerprint density at radius 2 is 2.31 bits per heavy atom. The van der Waals surface area contributed by atoms with Gasteiger partial charge in [-0.05, 0) is 12.8 Å². The molecule has 1 unspecified atom stereocenters. The molecule has 2 fully saturated rings. The van der Waals surface area contributed by atoms with E-state index in [1.54, 1.807) is 4.57 Å². The molecule has 0 radical (unpaired) electrons. The first kappa shape index (κ1) is 10.1. The quantitative estimate of drug-likeness (QED) is 0.783. The average Bonchev–Trinajstić information content (AvgIpc) is 3.08. The monoisotopic (exact) mass is 223 g/mol. The summed E-state index contributed by atoms with van der Waals surface area (Å²) >= 11 is 0. The maximum atomic E-state index is 12.0. The zero-order chi connectivity index (χ0) is 11.0. The molecule has 0 spiro atoms. The molecule has 1 aromatic heterocycles. The van der Waals surface area contributed by atoms with Crippen molar-refractivity contribution in [3.05, 3.63) is 22.9 Å². The van der Waals surface area contributed by atoms with Gasteiger partial charge in [0.15, 0.2) is 0 Å². The largest absolute Gasteiger partial charge is 0.374 e. The highest BCUT2D eigenvalue weighted by Gasteiger charge is 2.26. The van der Waals surface area contributed by atoms with Gasteiger partial charge in [-0.2, -0.15) is 0 Å². The van der Waals surface area contributed by atoms with Crippen LogP contribution in [0.4, 0.5) is 0 Å². The van der Waals surface area contributed by atoms with Gasteiger partial charge in [-0.1, -0.05) is 0 Å². The van der Waals surface area contributed by atoms with E-state index in [2.05, 4.69) is 5.32 Å². The van der Waals surface area contributed by atoms with Gasteiger partial charge >= 0.3 is 5.69 Å².